The number of hydrogen-bond acceptors (Lipinski definition) is 5. The van der Waals surface area contributed by atoms with Gasteiger partial charge in [-0.1, -0.05) is 79.4 Å². The molecule has 0 saturated heterocycles. The van der Waals surface area contributed by atoms with E-state index in [1.807, 2.05) is 60.7 Å². The molecule has 214 valence electrons. The van der Waals surface area contributed by atoms with Gasteiger partial charge in [0.15, 0.2) is 0 Å². The molecule has 5 nitrogen and oxygen atoms in total. The van der Waals surface area contributed by atoms with Gasteiger partial charge < -0.3 is 24.1 Å². The Kier molecular flexibility index (Phi) is 11.1. The van der Waals surface area contributed by atoms with Crippen LogP contribution in [0, 0.1) is 0 Å². The zero-order chi connectivity index (χ0) is 29.2. The first-order valence-corrected chi connectivity index (χ1v) is 16.4. The van der Waals surface area contributed by atoms with Crippen molar-refractivity contribution >= 4 is 37.1 Å². The van der Waals surface area contributed by atoms with Crippen molar-refractivity contribution in [2.45, 2.75) is 18.5 Å². The van der Waals surface area contributed by atoms with Gasteiger partial charge in [-0.2, -0.15) is 0 Å². The fourth-order valence-electron chi connectivity index (χ4n) is 5.13. The minimum absolute atomic E-state index is 0.0597. The highest BCUT2D eigenvalue weighted by atomic mass is 31.1. The lowest BCUT2D eigenvalue weighted by atomic mass is 10.2. The maximum atomic E-state index is 10.6. The first kappa shape index (κ1) is 30.4. The van der Waals surface area contributed by atoms with E-state index in [-0.39, 0.29) is 11.4 Å². The predicted octanol–water partition coefficient (Wildman–Crippen LogP) is 6.51. The van der Waals surface area contributed by atoms with Gasteiger partial charge in [-0.15, -0.1) is 0 Å². The molecule has 0 aliphatic carbocycles. The van der Waals surface area contributed by atoms with Gasteiger partial charge in [0.25, 0.3) is 0 Å². The molecule has 4 rings (SSSR count). The van der Waals surface area contributed by atoms with Crippen molar-refractivity contribution in [3.63, 3.8) is 0 Å². The highest BCUT2D eigenvalue weighted by Gasteiger charge is 2.32. The van der Waals surface area contributed by atoms with Crippen LogP contribution in [0.2, 0.25) is 0 Å². The number of para-hydroxylation sites is 4. The summed E-state index contributed by atoms with van der Waals surface area (Å²) in [6.45, 7) is 3.92. The zero-order valence-corrected chi connectivity index (χ0v) is 25.9. The van der Waals surface area contributed by atoms with Crippen LogP contribution in [0.3, 0.4) is 0 Å². The molecule has 0 aliphatic heterocycles. The van der Waals surface area contributed by atoms with E-state index in [1.54, 1.807) is 28.4 Å². The summed E-state index contributed by atoms with van der Waals surface area (Å²) in [6.07, 6.45) is 2.14. The number of aliphatic hydroxyl groups excluding tert-OH is 1. The second-order valence-corrected chi connectivity index (χ2v) is 14.1. The van der Waals surface area contributed by atoms with E-state index in [0.717, 1.165) is 56.8 Å². The highest BCUT2D eigenvalue weighted by Crippen LogP contribution is 2.50. The van der Waals surface area contributed by atoms with Crippen LogP contribution in [0.1, 0.15) is 12.8 Å². The van der Waals surface area contributed by atoms with E-state index in [1.165, 1.54) is 0 Å². The van der Waals surface area contributed by atoms with Gasteiger partial charge in [-0.3, -0.25) is 0 Å². The molecule has 0 heterocycles. The molecule has 0 amide bonds. The molecule has 7 heteroatoms. The van der Waals surface area contributed by atoms with Gasteiger partial charge in [0.2, 0.25) is 0 Å². The lowest BCUT2D eigenvalue weighted by Crippen LogP contribution is -2.26. The molecule has 41 heavy (non-hydrogen) atoms. The monoisotopic (exact) mass is 588 g/mol. The van der Waals surface area contributed by atoms with Crippen LogP contribution >= 0.6 is 15.8 Å². The molecule has 1 N–H and O–H groups in total. The summed E-state index contributed by atoms with van der Waals surface area (Å²) in [4.78, 5) is 0. The van der Waals surface area contributed by atoms with Gasteiger partial charge in [-0.05, 0) is 58.4 Å². The summed E-state index contributed by atoms with van der Waals surface area (Å²) in [5, 5.41) is 15.1. The standard InChI is InChI=1S/C34H38O5P2/c1-25(35)24-26(41(33-20-12-8-16-29(33)38-4)34-21-13-9-17-30(34)39-5)22-23-40(31-18-10-6-14-27(31)36-2)32-19-11-7-15-28(32)37-3/h6-21,26,35H,1,22-24H2,2-5H3. The normalized spacial score (nSPS) is 11.8. The van der Waals surface area contributed by atoms with Crippen molar-refractivity contribution < 1.29 is 24.1 Å². The Balaban J connectivity index is 1.84. The predicted molar refractivity (Wildman–Crippen MR) is 174 cm³/mol. The average Bonchev–Trinajstić information content (AvgIpc) is 3.01. The maximum absolute atomic E-state index is 10.6. The van der Waals surface area contributed by atoms with Crippen molar-refractivity contribution in [1.29, 1.82) is 0 Å². The summed E-state index contributed by atoms with van der Waals surface area (Å²) in [5.74, 6) is 3.56. The van der Waals surface area contributed by atoms with Gasteiger partial charge in [-0.25, -0.2) is 0 Å². The Labute approximate surface area is 246 Å². The highest BCUT2D eigenvalue weighted by molar-refractivity contribution is 7.74. The average molecular weight is 589 g/mol. The molecule has 0 fully saturated rings. The Hall–Kier alpha value is -3.52. The van der Waals surface area contributed by atoms with E-state index >= 15 is 0 Å². The minimum Gasteiger partial charge on any atom is -0.513 e. The first-order valence-electron chi connectivity index (χ1n) is 13.5. The third-order valence-corrected chi connectivity index (χ3v) is 12.5. The van der Waals surface area contributed by atoms with Gasteiger partial charge >= 0.3 is 0 Å². The quantitative estimate of drug-likeness (QED) is 0.135. The lowest BCUT2D eigenvalue weighted by Gasteiger charge is -2.32. The number of allylic oxidation sites excluding steroid dienone is 1. The fourth-order valence-corrected chi connectivity index (χ4v) is 11.2. The summed E-state index contributed by atoms with van der Waals surface area (Å²) in [6, 6.07) is 32.8. The Morgan fingerprint density at radius 2 is 0.951 bits per heavy atom. The molecule has 0 bridgehead atoms. The number of aliphatic hydroxyl groups is 1. The molecule has 1 atom stereocenters. The largest absolute Gasteiger partial charge is 0.513 e. The Morgan fingerprint density at radius 1 is 0.610 bits per heavy atom. The van der Waals surface area contributed by atoms with Crippen molar-refractivity contribution in [3.8, 4) is 23.0 Å². The molecule has 0 saturated carbocycles. The van der Waals surface area contributed by atoms with Crippen LogP contribution in [0.4, 0.5) is 0 Å². The van der Waals surface area contributed by atoms with Crippen LogP contribution < -0.4 is 40.2 Å². The lowest BCUT2D eigenvalue weighted by molar-refractivity contribution is 0.387. The first-order chi connectivity index (χ1) is 20.0. The molecule has 4 aromatic carbocycles. The molecule has 4 aromatic rings. The molecule has 0 spiro atoms. The number of ether oxygens (including phenoxy) is 4. The Bertz CT molecular complexity index is 1350. The second-order valence-electron chi connectivity index (χ2n) is 9.42. The third kappa shape index (κ3) is 7.22. The topological polar surface area (TPSA) is 57.2 Å². The summed E-state index contributed by atoms with van der Waals surface area (Å²) in [7, 11) is 4.97. The zero-order valence-electron chi connectivity index (χ0n) is 24.1. The SMILES string of the molecule is C=C(O)CC(CCP(c1ccccc1OC)c1ccccc1OC)P(c1ccccc1OC)c1ccccc1OC. The number of rotatable bonds is 14. The summed E-state index contributed by atoms with van der Waals surface area (Å²) >= 11 is 0. The van der Waals surface area contributed by atoms with Gasteiger partial charge in [0.05, 0.1) is 34.2 Å². The smallest absolute Gasteiger partial charge is 0.126 e. The van der Waals surface area contributed by atoms with E-state index in [0.29, 0.717) is 6.42 Å². The van der Waals surface area contributed by atoms with Crippen LogP contribution in [0.25, 0.3) is 0 Å². The van der Waals surface area contributed by atoms with Gasteiger partial charge in [0, 0.05) is 27.6 Å². The summed E-state index contributed by atoms with van der Waals surface area (Å²) in [5.41, 5.74) is 0.0597. The molecule has 0 aromatic heterocycles. The number of benzene rings is 4. The molecule has 0 radical (unpaired) electrons. The fraction of sp³-hybridized carbons (Fsp3) is 0.235. The van der Waals surface area contributed by atoms with Crippen LogP contribution in [0.15, 0.2) is 109 Å². The van der Waals surface area contributed by atoms with E-state index in [2.05, 4.69) is 43.0 Å². The van der Waals surface area contributed by atoms with Crippen molar-refractivity contribution in [2.75, 3.05) is 34.6 Å². The number of hydrogen-bond donors (Lipinski definition) is 1. The second kappa shape index (κ2) is 14.9. The van der Waals surface area contributed by atoms with Crippen LogP contribution in [-0.2, 0) is 0 Å². The van der Waals surface area contributed by atoms with E-state index < -0.39 is 15.8 Å². The van der Waals surface area contributed by atoms with Crippen molar-refractivity contribution in [1.82, 2.24) is 0 Å². The Morgan fingerprint density at radius 3 is 1.32 bits per heavy atom. The summed E-state index contributed by atoms with van der Waals surface area (Å²) < 4.78 is 23.4. The molecular formula is C34H38O5P2. The number of methoxy groups -OCH3 is 4. The van der Waals surface area contributed by atoms with E-state index in [4.69, 9.17) is 18.9 Å². The van der Waals surface area contributed by atoms with Gasteiger partial charge in [0.1, 0.15) is 23.0 Å². The molecular weight excluding hydrogens is 550 g/mol. The minimum atomic E-state index is -1.01. The molecule has 1 unspecified atom stereocenters. The van der Waals surface area contributed by atoms with Crippen LogP contribution in [0.5, 0.6) is 23.0 Å². The van der Waals surface area contributed by atoms with E-state index in [9.17, 15) is 5.11 Å². The van der Waals surface area contributed by atoms with Crippen molar-refractivity contribution in [3.05, 3.63) is 109 Å². The third-order valence-electron chi connectivity index (χ3n) is 6.96. The van der Waals surface area contributed by atoms with Crippen LogP contribution in [-0.4, -0.2) is 45.4 Å². The molecule has 0 aliphatic rings. The maximum Gasteiger partial charge on any atom is 0.126 e. The van der Waals surface area contributed by atoms with Crippen molar-refractivity contribution in [2.24, 2.45) is 0 Å².